The molecule has 60 valence electrons. The second-order valence-corrected chi connectivity index (χ2v) is 2.83. The van der Waals surface area contributed by atoms with E-state index in [0.717, 1.165) is 16.6 Å². The topological polar surface area (TPSA) is 41.6 Å². The van der Waals surface area contributed by atoms with Crippen LogP contribution in [0.2, 0.25) is 5.02 Å². The number of rotatable bonds is 1. The van der Waals surface area contributed by atoms with Gasteiger partial charge in [-0.05, 0) is 12.1 Å². The Morgan fingerprint density at radius 3 is 3.00 bits per heavy atom. The minimum Gasteiger partial charge on any atom is -0.197 e. The second-order valence-electron chi connectivity index (χ2n) is 2.39. The number of aromatic nitrogens is 3. The largest absolute Gasteiger partial charge is 0.197 e. The van der Waals surface area contributed by atoms with Crippen LogP contribution in [0.4, 0.5) is 0 Å². The van der Waals surface area contributed by atoms with Gasteiger partial charge in [0.2, 0.25) is 0 Å². The highest BCUT2D eigenvalue weighted by Gasteiger charge is 2.03. The fourth-order valence-corrected chi connectivity index (χ4v) is 1.32. The summed E-state index contributed by atoms with van der Waals surface area (Å²) in [5, 5.41) is 11.1. The fraction of sp³-hybridized carbons (Fsp3) is 0. The summed E-state index contributed by atoms with van der Waals surface area (Å²) in [5.41, 5.74) is 2.46. The van der Waals surface area contributed by atoms with Crippen LogP contribution in [-0.4, -0.2) is 15.4 Å². The third kappa shape index (κ3) is 0.987. The van der Waals surface area contributed by atoms with Crippen molar-refractivity contribution in [2.75, 3.05) is 0 Å². The van der Waals surface area contributed by atoms with Crippen molar-refractivity contribution in [3.05, 3.63) is 29.3 Å². The van der Waals surface area contributed by atoms with Crippen LogP contribution in [-0.2, 0) is 0 Å². The third-order valence-electron chi connectivity index (χ3n) is 1.64. The van der Waals surface area contributed by atoms with Crippen molar-refractivity contribution in [1.29, 1.82) is 0 Å². The Kier molecular flexibility index (Phi) is 1.59. The maximum Gasteiger partial charge on any atom is 0.120 e. The van der Waals surface area contributed by atoms with E-state index in [9.17, 15) is 0 Å². The Morgan fingerprint density at radius 1 is 1.42 bits per heavy atom. The molecule has 0 radical (unpaired) electrons. The monoisotopic (exact) mass is 179 g/mol. The van der Waals surface area contributed by atoms with Gasteiger partial charge in [0.15, 0.2) is 0 Å². The summed E-state index contributed by atoms with van der Waals surface area (Å²) >= 11 is 5.83. The Morgan fingerprint density at radius 2 is 2.25 bits per heavy atom. The summed E-state index contributed by atoms with van der Waals surface area (Å²) in [5.74, 6) is 0. The van der Waals surface area contributed by atoms with Crippen molar-refractivity contribution >= 4 is 28.7 Å². The molecule has 1 heterocycles. The molecule has 0 saturated heterocycles. The molecule has 3 nitrogen and oxygen atoms in total. The van der Waals surface area contributed by atoms with E-state index in [2.05, 4.69) is 22.0 Å². The van der Waals surface area contributed by atoms with Crippen LogP contribution in [0.3, 0.4) is 0 Å². The lowest BCUT2D eigenvalue weighted by atomic mass is 10.2. The average molecular weight is 180 g/mol. The van der Waals surface area contributed by atoms with Gasteiger partial charge in [0, 0.05) is 10.6 Å². The summed E-state index contributed by atoms with van der Waals surface area (Å²) in [6.45, 7) is 3.66. The number of nitrogens with one attached hydrogen (secondary N) is 1. The van der Waals surface area contributed by atoms with Crippen molar-refractivity contribution in [2.24, 2.45) is 0 Å². The van der Waals surface area contributed by atoms with E-state index < -0.39 is 0 Å². The molecule has 0 aliphatic carbocycles. The summed E-state index contributed by atoms with van der Waals surface area (Å²) in [4.78, 5) is 0. The van der Waals surface area contributed by atoms with Gasteiger partial charge in [-0.2, -0.15) is 15.4 Å². The number of H-pyrrole nitrogens is 1. The van der Waals surface area contributed by atoms with E-state index in [0.29, 0.717) is 5.02 Å². The van der Waals surface area contributed by atoms with E-state index in [-0.39, 0.29) is 0 Å². The number of aromatic amines is 1. The lowest BCUT2D eigenvalue weighted by Gasteiger charge is -1.94. The number of benzene rings is 1. The molecule has 12 heavy (non-hydrogen) atoms. The maximum atomic E-state index is 5.83. The van der Waals surface area contributed by atoms with Crippen LogP contribution in [0.15, 0.2) is 18.7 Å². The molecule has 0 aliphatic rings. The average Bonchev–Trinajstić information content (AvgIpc) is 2.50. The predicted molar refractivity (Wildman–Crippen MR) is 49.0 cm³/mol. The van der Waals surface area contributed by atoms with E-state index in [1.165, 1.54) is 0 Å². The Bertz CT molecular complexity index is 433. The summed E-state index contributed by atoms with van der Waals surface area (Å²) in [7, 11) is 0. The molecular formula is C8H6ClN3. The number of nitrogens with zero attached hydrogens (tertiary/aromatic N) is 2. The SMILES string of the molecule is C=Cc1cc(Cl)cc2n[nH]nc12. The van der Waals surface area contributed by atoms with Gasteiger partial charge in [-0.25, -0.2) is 0 Å². The number of hydrogen-bond donors (Lipinski definition) is 1. The van der Waals surface area contributed by atoms with Crippen LogP contribution in [0, 0.1) is 0 Å². The van der Waals surface area contributed by atoms with Crippen LogP contribution >= 0.6 is 11.6 Å². The first kappa shape index (κ1) is 7.31. The molecule has 0 amide bonds. The summed E-state index contributed by atoms with van der Waals surface area (Å²) < 4.78 is 0. The van der Waals surface area contributed by atoms with E-state index in [1.807, 2.05) is 0 Å². The van der Waals surface area contributed by atoms with Crippen molar-refractivity contribution in [3.63, 3.8) is 0 Å². The van der Waals surface area contributed by atoms with Crippen LogP contribution in [0.25, 0.3) is 17.1 Å². The minimum absolute atomic E-state index is 0.645. The normalized spacial score (nSPS) is 10.4. The van der Waals surface area contributed by atoms with E-state index in [1.54, 1.807) is 18.2 Å². The van der Waals surface area contributed by atoms with E-state index >= 15 is 0 Å². The third-order valence-corrected chi connectivity index (χ3v) is 1.85. The number of fused-ring (bicyclic) bond motifs is 1. The van der Waals surface area contributed by atoms with Crippen molar-refractivity contribution in [1.82, 2.24) is 15.4 Å². The molecule has 0 aliphatic heterocycles. The second kappa shape index (κ2) is 2.60. The zero-order valence-electron chi connectivity index (χ0n) is 6.21. The first-order valence-electron chi connectivity index (χ1n) is 3.44. The zero-order chi connectivity index (χ0) is 8.55. The smallest absolute Gasteiger partial charge is 0.120 e. The van der Waals surface area contributed by atoms with Gasteiger partial charge in [-0.15, -0.1) is 0 Å². The molecule has 0 saturated carbocycles. The molecule has 4 heteroatoms. The Labute approximate surface area is 74.0 Å². The molecule has 0 bridgehead atoms. The maximum absolute atomic E-state index is 5.83. The highest BCUT2D eigenvalue weighted by Crippen LogP contribution is 2.20. The van der Waals surface area contributed by atoms with E-state index in [4.69, 9.17) is 11.6 Å². The van der Waals surface area contributed by atoms with Gasteiger partial charge in [-0.3, -0.25) is 0 Å². The molecule has 1 aromatic heterocycles. The number of halogens is 1. The summed E-state index contributed by atoms with van der Waals surface area (Å²) in [6.07, 6.45) is 1.71. The van der Waals surface area contributed by atoms with Gasteiger partial charge in [-0.1, -0.05) is 24.3 Å². The first-order chi connectivity index (χ1) is 5.81. The molecule has 2 aromatic rings. The molecule has 0 unspecified atom stereocenters. The van der Waals surface area contributed by atoms with Crippen molar-refractivity contribution in [3.8, 4) is 0 Å². The fourth-order valence-electron chi connectivity index (χ4n) is 1.10. The molecule has 0 atom stereocenters. The minimum atomic E-state index is 0.645. The lowest BCUT2D eigenvalue weighted by Crippen LogP contribution is -1.76. The molecule has 1 N–H and O–H groups in total. The quantitative estimate of drug-likeness (QED) is 0.730. The molecule has 0 spiro atoms. The van der Waals surface area contributed by atoms with Crippen molar-refractivity contribution in [2.45, 2.75) is 0 Å². The number of hydrogen-bond acceptors (Lipinski definition) is 2. The van der Waals surface area contributed by atoms with Crippen LogP contribution in [0.5, 0.6) is 0 Å². The van der Waals surface area contributed by atoms with Gasteiger partial charge < -0.3 is 0 Å². The lowest BCUT2D eigenvalue weighted by molar-refractivity contribution is 0.959. The van der Waals surface area contributed by atoms with Gasteiger partial charge in [0.25, 0.3) is 0 Å². The highest BCUT2D eigenvalue weighted by atomic mass is 35.5. The standard InChI is InChI=1S/C8H6ClN3/c1-2-5-3-6(9)4-7-8(5)11-12-10-7/h2-4H,1H2,(H,10,11,12). The van der Waals surface area contributed by atoms with Crippen LogP contribution < -0.4 is 0 Å². The van der Waals surface area contributed by atoms with Gasteiger partial charge in [0.05, 0.1) is 0 Å². The predicted octanol–water partition coefficient (Wildman–Crippen LogP) is 2.25. The Hall–Kier alpha value is -1.35. The molecule has 2 rings (SSSR count). The van der Waals surface area contributed by atoms with Crippen LogP contribution in [0.1, 0.15) is 5.56 Å². The highest BCUT2D eigenvalue weighted by molar-refractivity contribution is 6.31. The first-order valence-corrected chi connectivity index (χ1v) is 3.81. The molecule has 1 aromatic carbocycles. The molecular weight excluding hydrogens is 174 g/mol. The van der Waals surface area contributed by atoms with Gasteiger partial charge in [0.1, 0.15) is 11.0 Å². The summed E-state index contributed by atoms with van der Waals surface area (Å²) in [6, 6.07) is 3.56. The zero-order valence-corrected chi connectivity index (χ0v) is 6.97. The Balaban J connectivity index is 2.88. The molecule has 0 fully saturated rings. The van der Waals surface area contributed by atoms with Crippen molar-refractivity contribution < 1.29 is 0 Å². The van der Waals surface area contributed by atoms with Gasteiger partial charge >= 0.3 is 0 Å².